The van der Waals surface area contributed by atoms with Crippen molar-refractivity contribution in [3.8, 4) is 5.88 Å². The number of carbonyl (C=O) groups excluding carboxylic acids is 1. The second-order valence-corrected chi connectivity index (χ2v) is 12.7. The Morgan fingerprint density at radius 1 is 1.17 bits per heavy atom. The van der Waals surface area contributed by atoms with Gasteiger partial charge in [0.15, 0.2) is 9.84 Å². The first-order chi connectivity index (χ1) is 16.5. The van der Waals surface area contributed by atoms with Crippen LogP contribution in [0.25, 0.3) is 0 Å². The lowest BCUT2D eigenvalue weighted by Gasteiger charge is -2.32. The molecule has 1 saturated heterocycles. The van der Waals surface area contributed by atoms with E-state index in [0.29, 0.717) is 56.5 Å². The van der Waals surface area contributed by atoms with Crippen LogP contribution in [0.15, 0.2) is 29.4 Å². The molecule has 2 aliphatic rings. The average Bonchev–Trinajstić information content (AvgIpc) is 3.23. The van der Waals surface area contributed by atoms with E-state index in [2.05, 4.69) is 30.7 Å². The lowest BCUT2D eigenvalue weighted by Crippen LogP contribution is -2.40. The Morgan fingerprint density at radius 2 is 1.89 bits per heavy atom. The highest BCUT2D eigenvalue weighted by molar-refractivity contribution is 8.14. The minimum Gasteiger partial charge on any atom is -0.474 e. The molecule has 2 aliphatic heterocycles. The Morgan fingerprint density at radius 3 is 2.51 bits per heavy atom. The van der Waals surface area contributed by atoms with E-state index in [9.17, 15) is 17.6 Å². The van der Waals surface area contributed by atoms with Gasteiger partial charge in [0.1, 0.15) is 24.1 Å². The number of hydrogen-bond acceptors (Lipinski definition) is 8. The number of sulfone groups is 1. The molecule has 0 spiro atoms. The van der Waals surface area contributed by atoms with Crippen LogP contribution in [0.3, 0.4) is 0 Å². The molecule has 0 radical (unpaired) electrons. The van der Waals surface area contributed by atoms with Gasteiger partial charge in [0, 0.05) is 44.0 Å². The van der Waals surface area contributed by atoms with Crippen molar-refractivity contribution in [2.45, 2.75) is 56.3 Å². The SMILES string of the molecule is CC(C)C(C)SC(=O)N1CCC(Oc2ncnc3c2CCN3c2ccc(S(C)(=O)=O)cc2F)CC1. The highest BCUT2D eigenvalue weighted by atomic mass is 32.2. The van der Waals surface area contributed by atoms with Gasteiger partial charge in [0.05, 0.1) is 16.1 Å². The third kappa shape index (κ3) is 5.72. The topological polar surface area (TPSA) is 92.7 Å². The molecule has 1 amide bonds. The van der Waals surface area contributed by atoms with Gasteiger partial charge in [-0.3, -0.25) is 4.79 Å². The Kier molecular flexibility index (Phi) is 7.56. The van der Waals surface area contributed by atoms with Crippen molar-refractivity contribution < 1.29 is 22.3 Å². The van der Waals surface area contributed by atoms with Crippen LogP contribution in [0.2, 0.25) is 0 Å². The van der Waals surface area contributed by atoms with Crippen molar-refractivity contribution >= 4 is 38.3 Å². The highest BCUT2D eigenvalue weighted by Gasteiger charge is 2.31. The van der Waals surface area contributed by atoms with Gasteiger partial charge >= 0.3 is 0 Å². The molecule has 1 aromatic carbocycles. The minimum absolute atomic E-state index is 0.0632. The van der Waals surface area contributed by atoms with Crippen molar-refractivity contribution in [2.75, 3.05) is 30.8 Å². The number of carbonyl (C=O) groups is 1. The molecule has 190 valence electrons. The summed E-state index contributed by atoms with van der Waals surface area (Å²) in [6.45, 7) is 8.07. The molecular formula is C24H31FN4O4S2. The number of anilines is 2. The first kappa shape index (κ1) is 25.7. The van der Waals surface area contributed by atoms with E-state index in [4.69, 9.17) is 4.74 Å². The third-order valence-electron chi connectivity index (χ3n) is 6.57. The van der Waals surface area contributed by atoms with E-state index in [-0.39, 0.29) is 27.2 Å². The van der Waals surface area contributed by atoms with Gasteiger partial charge in [-0.05, 0) is 30.5 Å². The molecule has 1 unspecified atom stereocenters. The summed E-state index contributed by atoms with van der Waals surface area (Å²) in [5.74, 6) is 0.866. The summed E-state index contributed by atoms with van der Waals surface area (Å²) in [6, 6.07) is 3.91. The Labute approximate surface area is 210 Å². The van der Waals surface area contributed by atoms with Crippen molar-refractivity contribution in [1.29, 1.82) is 0 Å². The first-order valence-corrected chi connectivity index (χ1v) is 14.5. The lowest BCUT2D eigenvalue weighted by atomic mass is 10.1. The van der Waals surface area contributed by atoms with Crippen molar-refractivity contribution in [2.24, 2.45) is 5.92 Å². The van der Waals surface area contributed by atoms with Crippen molar-refractivity contribution in [1.82, 2.24) is 14.9 Å². The number of nitrogens with zero attached hydrogens (tertiary/aromatic N) is 4. The fraction of sp³-hybridized carbons (Fsp3) is 0.542. The number of amides is 1. The lowest BCUT2D eigenvalue weighted by molar-refractivity contribution is 0.114. The number of aromatic nitrogens is 2. The maximum atomic E-state index is 14.8. The van der Waals surface area contributed by atoms with Gasteiger partial charge < -0.3 is 14.5 Å². The molecule has 3 heterocycles. The van der Waals surface area contributed by atoms with Crippen LogP contribution in [0.1, 0.15) is 39.2 Å². The Bertz CT molecular complexity index is 1200. The first-order valence-electron chi connectivity index (χ1n) is 11.8. The van der Waals surface area contributed by atoms with Crippen LogP contribution in [0.4, 0.5) is 20.7 Å². The van der Waals surface area contributed by atoms with Crippen LogP contribution in [-0.2, 0) is 16.3 Å². The molecule has 4 rings (SSSR count). The minimum atomic E-state index is -3.50. The normalized spacial score (nSPS) is 17.5. The summed E-state index contributed by atoms with van der Waals surface area (Å²) in [6.07, 6.45) is 4.40. The summed E-state index contributed by atoms with van der Waals surface area (Å²) < 4.78 is 44.5. The zero-order valence-electron chi connectivity index (χ0n) is 20.4. The van der Waals surface area contributed by atoms with Crippen LogP contribution in [0, 0.1) is 11.7 Å². The van der Waals surface area contributed by atoms with Gasteiger partial charge in [-0.2, -0.15) is 0 Å². The average molecular weight is 523 g/mol. The molecular weight excluding hydrogens is 491 g/mol. The second-order valence-electron chi connectivity index (χ2n) is 9.41. The summed E-state index contributed by atoms with van der Waals surface area (Å²) >= 11 is 1.39. The number of ether oxygens (including phenoxy) is 1. The number of thioether (sulfide) groups is 1. The molecule has 2 aromatic rings. The molecule has 1 aromatic heterocycles. The number of likely N-dealkylation sites (tertiary alicyclic amines) is 1. The van der Waals surface area contributed by atoms with Gasteiger partial charge in [-0.25, -0.2) is 22.8 Å². The molecule has 0 N–H and O–H groups in total. The van der Waals surface area contributed by atoms with Gasteiger partial charge in [-0.1, -0.05) is 32.5 Å². The zero-order valence-corrected chi connectivity index (χ0v) is 22.0. The summed E-state index contributed by atoms with van der Waals surface area (Å²) in [5.41, 5.74) is 1.07. The van der Waals surface area contributed by atoms with Crippen LogP contribution >= 0.6 is 11.8 Å². The van der Waals surface area contributed by atoms with Crippen LogP contribution in [0.5, 0.6) is 5.88 Å². The molecule has 0 saturated carbocycles. The molecule has 1 fully saturated rings. The molecule has 11 heteroatoms. The van der Waals surface area contributed by atoms with E-state index in [1.165, 1.54) is 30.2 Å². The smallest absolute Gasteiger partial charge is 0.281 e. The van der Waals surface area contributed by atoms with Gasteiger partial charge in [0.25, 0.3) is 5.24 Å². The Balaban J connectivity index is 1.43. The number of halogens is 1. The predicted molar refractivity (Wildman–Crippen MR) is 135 cm³/mol. The van der Waals surface area contributed by atoms with Gasteiger partial charge in [0.2, 0.25) is 5.88 Å². The van der Waals surface area contributed by atoms with E-state index in [0.717, 1.165) is 17.9 Å². The fourth-order valence-corrected chi connectivity index (χ4v) is 5.68. The fourth-order valence-electron chi connectivity index (χ4n) is 4.13. The van der Waals surface area contributed by atoms with E-state index in [1.54, 1.807) is 4.90 Å². The number of fused-ring (bicyclic) bond motifs is 1. The predicted octanol–water partition coefficient (Wildman–Crippen LogP) is 4.45. The molecule has 8 nitrogen and oxygen atoms in total. The van der Waals surface area contributed by atoms with Crippen molar-refractivity contribution in [3.63, 3.8) is 0 Å². The van der Waals surface area contributed by atoms with E-state index in [1.807, 2.05) is 4.90 Å². The second kappa shape index (κ2) is 10.3. The number of rotatable bonds is 6. The molecule has 35 heavy (non-hydrogen) atoms. The Hall–Kier alpha value is -2.40. The quantitative estimate of drug-likeness (QED) is 0.549. The zero-order chi connectivity index (χ0) is 25.3. The van der Waals surface area contributed by atoms with Crippen molar-refractivity contribution in [3.05, 3.63) is 35.9 Å². The van der Waals surface area contributed by atoms with Crippen LogP contribution in [-0.4, -0.2) is 65.8 Å². The largest absolute Gasteiger partial charge is 0.474 e. The van der Waals surface area contributed by atoms with Gasteiger partial charge in [-0.15, -0.1) is 0 Å². The maximum Gasteiger partial charge on any atom is 0.281 e. The third-order valence-corrected chi connectivity index (χ3v) is 9.05. The van der Waals surface area contributed by atoms with Crippen LogP contribution < -0.4 is 9.64 Å². The summed E-state index contributed by atoms with van der Waals surface area (Å²) in [5, 5.41) is 0.391. The molecule has 1 atom stereocenters. The highest BCUT2D eigenvalue weighted by Crippen LogP contribution is 2.38. The molecule has 0 bridgehead atoms. The number of piperidine rings is 1. The monoisotopic (exact) mass is 522 g/mol. The summed E-state index contributed by atoms with van der Waals surface area (Å²) in [7, 11) is -3.50. The van der Waals surface area contributed by atoms with E-state index < -0.39 is 15.7 Å². The standard InChI is InChI=1S/C24H31FN4O4S2/c1-15(2)16(3)34-24(30)28-10-7-17(8-11-28)33-23-19-9-12-29(22(19)26-14-27-23)21-6-5-18(13-20(21)25)35(4,31)32/h5-6,13-17H,7-12H2,1-4H3. The molecule has 0 aliphatic carbocycles. The number of benzene rings is 1. The number of hydrogen-bond donors (Lipinski definition) is 0. The maximum absolute atomic E-state index is 14.8. The summed E-state index contributed by atoms with van der Waals surface area (Å²) in [4.78, 5) is 24.8. The van der Waals surface area contributed by atoms with E-state index >= 15 is 0 Å².